The minimum Gasteiger partial charge on any atom is -0.283 e. The van der Waals surface area contributed by atoms with E-state index in [2.05, 4.69) is 4.98 Å². The highest BCUT2D eigenvalue weighted by atomic mass is 35.5. The highest BCUT2D eigenvalue weighted by Crippen LogP contribution is 2.21. The van der Waals surface area contributed by atoms with Crippen LogP contribution in [-0.2, 0) is 6.54 Å². The van der Waals surface area contributed by atoms with Crippen molar-refractivity contribution in [1.29, 1.82) is 0 Å². The first kappa shape index (κ1) is 14.1. The number of hydrogen-bond donors (Lipinski definition) is 0. The molecule has 0 N–H and O–H groups in total. The van der Waals surface area contributed by atoms with Crippen LogP contribution < -0.4 is 5.56 Å². The molecule has 0 spiro atoms. The van der Waals surface area contributed by atoms with Gasteiger partial charge in [0.05, 0.1) is 6.54 Å². The van der Waals surface area contributed by atoms with E-state index in [9.17, 15) is 9.18 Å². The molecule has 0 aliphatic carbocycles. The summed E-state index contributed by atoms with van der Waals surface area (Å²) in [5.41, 5.74) is 0.730. The molecular weight excluding hydrogens is 287 g/mol. The third-order valence-corrected chi connectivity index (χ3v) is 3.69. The number of thioether (sulfide) groups is 1. The van der Waals surface area contributed by atoms with Crippen molar-refractivity contribution < 1.29 is 4.39 Å². The molecule has 1 heterocycles. The third-order valence-electron chi connectivity index (χ3n) is 2.66. The predicted octanol–water partition coefficient (Wildman–Crippen LogP) is 3.11. The average Bonchev–Trinajstić information content (AvgIpc) is 2.35. The summed E-state index contributed by atoms with van der Waals surface area (Å²) in [6.07, 6.45) is 1.82. The van der Waals surface area contributed by atoms with Crippen molar-refractivity contribution >= 4 is 23.4 Å². The summed E-state index contributed by atoms with van der Waals surface area (Å²) >= 11 is 7.32. The van der Waals surface area contributed by atoms with Crippen molar-refractivity contribution in [3.63, 3.8) is 0 Å². The van der Waals surface area contributed by atoms with Crippen LogP contribution in [-0.4, -0.2) is 15.8 Å². The van der Waals surface area contributed by atoms with Crippen LogP contribution in [0.1, 0.15) is 11.3 Å². The quantitative estimate of drug-likeness (QED) is 0.645. The van der Waals surface area contributed by atoms with Gasteiger partial charge in [-0.3, -0.25) is 9.36 Å². The highest BCUT2D eigenvalue weighted by molar-refractivity contribution is 7.98. The van der Waals surface area contributed by atoms with Crippen molar-refractivity contribution in [2.24, 2.45) is 0 Å². The van der Waals surface area contributed by atoms with Gasteiger partial charge < -0.3 is 0 Å². The number of aryl methyl sites for hydroxylation is 1. The van der Waals surface area contributed by atoms with Crippen LogP contribution in [0.2, 0.25) is 5.02 Å². The standard InChI is InChI=1S/C13H12ClFN2OS/c1-8-6-12(18)17(13(16-8)19-2)7-9-10(14)4-3-5-11(9)15/h3-6H,7H2,1-2H3. The Morgan fingerprint density at radius 3 is 2.84 bits per heavy atom. The Morgan fingerprint density at radius 1 is 1.47 bits per heavy atom. The van der Waals surface area contributed by atoms with E-state index in [4.69, 9.17) is 11.6 Å². The molecule has 0 fully saturated rings. The van der Waals surface area contributed by atoms with Crippen LogP contribution in [0.3, 0.4) is 0 Å². The summed E-state index contributed by atoms with van der Waals surface area (Å²) in [4.78, 5) is 16.3. The molecule has 19 heavy (non-hydrogen) atoms. The van der Waals surface area contributed by atoms with E-state index < -0.39 is 5.82 Å². The molecule has 2 rings (SSSR count). The molecule has 0 atom stereocenters. The Morgan fingerprint density at radius 2 is 2.21 bits per heavy atom. The fourth-order valence-electron chi connectivity index (χ4n) is 1.74. The largest absolute Gasteiger partial charge is 0.283 e. The molecule has 6 heteroatoms. The summed E-state index contributed by atoms with van der Waals surface area (Å²) in [6.45, 7) is 1.83. The maximum atomic E-state index is 13.8. The second-order valence-electron chi connectivity index (χ2n) is 4.01. The smallest absolute Gasteiger partial charge is 0.254 e. The molecule has 100 valence electrons. The van der Waals surface area contributed by atoms with Crippen LogP contribution in [0.4, 0.5) is 4.39 Å². The molecule has 3 nitrogen and oxygen atoms in total. The third kappa shape index (κ3) is 2.98. The topological polar surface area (TPSA) is 34.9 Å². The number of hydrogen-bond acceptors (Lipinski definition) is 3. The number of nitrogens with zero attached hydrogens (tertiary/aromatic N) is 2. The molecule has 0 bridgehead atoms. The van der Waals surface area contributed by atoms with E-state index in [1.54, 1.807) is 13.0 Å². The molecule has 0 radical (unpaired) electrons. The lowest BCUT2D eigenvalue weighted by Crippen LogP contribution is -2.24. The van der Waals surface area contributed by atoms with Crippen molar-refractivity contribution in [3.05, 3.63) is 56.7 Å². The second kappa shape index (κ2) is 5.75. The Balaban J connectivity index is 2.52. The van der Waals surface area contributed by atoms with Crippen LogP contribution in [0.25, 0.3) is 0 Å². The first-order valence-corrected chi connectivity index (χ1v) is 7.18. The molecule has 0 aliphatic heterocycles. The summed E-state index contributed by atoms with van der Waals surface area (Å²) in [5, 5.41) is 0.851. The zero-order valence-electron chi connectivity index (χ0n) is 10.5. The van der Waals surface area contributed by atoms with Crippen LogP contribution in [0.15, 0.2) is 34.2 Å². The van der Waals surface area contributed by atoms with Gasteiger partial charge in [0.1, 0.15) is 5.82 Å². The van der Waals surface area contributed by atoms with E-state index in [1.807, 2.05) is 6.26 Å². The molecule has 0 aliphatic rings. The lowest BCUT2D eigenvalue weighted by atomic mass is 10.2. The number of halogens is 2. The number of aromatic nitrogens is 2. The second-order valence-corrected chi connectivity index (χ2v) is 5.19. The van der Waals surface area contributed by atoms with E-state index >= 15 is 0 Å². The number of benzene rings is 1. The van der Waals surface area contributed by atoms with Crippen molar-refractivity contribution in [3.8, 4) is 0 Å². The van der Waals surface area contributed by atoms with Gasteiger partial charge in [0.25, 0.3) is 5.56 Å². The van der Waals surface area contributed by atoms with Crippen LogP contribution in [0, 0.1) is 12.7 Å². The minimum absolute atomic E-state index is 0.0772. The SMILES string of the molecule is CSc1nc(C)cc(=O)n1Cc1c(F)cccc1Cl. The van der Waals surface area contributed by atoms with Gasteiger partial charge in [-0.25, -0.2) is 9.37 Å². The minimum atomic E-state index is -0.424. The van der Waals surface area contributed by atoms with Gasteiger partial charge in [0.2, 0.25) is 0 Å². The monoisotopic (exact) mass is 298 g/mol. The van der Waals surface area contributed by atoms with E-state index in [0.717, 1.165) is 0 Å². The van der Waals surface area contributed by atoms with Crippen molar-refractivity contribution in [1.82, 2.24) is 9.55 Å². The average molecular weight is 299 g/mol. The summed E-state index contributed by atoms with van der Waals surface area (Å²) < 4.78 is 15.2. The van der Waals surface area contributed by atoms with Gasteiger partial charge in [-0.15, -0.1) is 0 Å². The van der Waals surface area contributed by atoms with Gasteiger partial charge in [-0.2, -0.15) is 0 Å². The van der Waals surface area contributed by atoms with Gasteiger partial charge >= 0.3 is 0 Å². The molecular formula is C13H12ClFN2OS. The first-order valence-electron chi connectivity index (χ1n) is 5.58. The number of rotatable bonds is 3. The summed E-state index contributed by atoms with van der Waals surface area (Å²) in [6, 6.07) is 5.89. The molecule has 1 aromatic heterocycles. The highest BCUT2D eigenvalue weighted by Gasteiger charge is 2.12. The zero-order valence-corrected chi connectivity index (χ0v) is 12.1. The molecule has 1 aromatic carbocycles. The lowest BCUT2D eigenvalue weighted by Gasteiger charge is -2.12. The van der Waals surface area contributed by atoms with Crippen LogP contribution >= 0.6 is 23.4 Å². The van der Waals surface area contributed by atoms with Crippen molar-refractivity contribution in [2.75, 3.05) is 6.26 Å². The Hall–Kier alpha value is -1.33. The first-order chi connectivity index (χ1) is 9.02. The normalized spacial score (nSPS) is 10.7. The lowest BCUT2D eigenvalue weighted by molar-refractivity contribution is 0.574. The van der Waals surface area contributed by atoms with E-state index in [-0.39, 0.29) is 12.1 Å². The van der Waals surface area contributed by atoms with Gasteiger partial charge in [-0.1, -0.05) is 29.4 Å². The maximum Gasteiger partial charge on any atom is 0.254 e. The van der Waals surface area contributed by atoms with Gasteiger partial charge in [-0.05, 0) is 25.3 Å². The Labute approximate surface area is 119 Å². The molecule has 0 saturated carbocycles. The molecule has 0 saturated heterocycles. The maximum absolute atomic E-state index is 13.8. The van der Waals surface area contributed by atoms with Gasteiger partial charge in [0.15, 0.2) is 5.16 Å². The Kier molecular flexibility index (Phi) is 4.27. The van der Waals surface area contributed by atoms with Crippen molar-refractivity contribution in [2.45, 2.75) is 18.6 Å². The van der Waals surface area contributed by atoms with E-state index in [0.29, 0.717) is 21.4 Å². The molecule has 0 amide bonds. The van der Waals surface area contributed by atoms with E-state index in [1.165, 1.54) is 34.5 Å². The molecule has 2 aromatic rings. The fraction of sp³-hybridized carbons (Fsp3) is 0.231. The summed E-state index contributed by atoms with van der Waals surface area (Å²) in [7, 11) is 0. The van der Waals surface area contributed by atoms with Gasteiger partial charge in [0, 0.05) is 22.3 Å². The zero-order chi connectivity index (χ0) is 14.0. The molecule has 0 unspecified atom stereocenters. The Bertz CT molecular complexity index is 652. The van der Waals surface area contributed by atoms with Crippen LogP contribution in [0.5, 0.6) is 0 Å². The summed E-state index contributed by atoms with van der Waals surface area (Å²) in [5.74, 6) is -0.424. The fourth-order valence-corrected chi connectivity index (χ4v) is 2.57. The predicted molar refractivity (Wildman–Crippen MR) is 75.5 cm³/mol.